The first-order valence-corrected chi connectivity index (χ1v) is 10.6. The molecule has 1 atom stereocenters. The Morgan fingerprint density at radius 1 is 1.13 bits per heavy atom. The molecule has 1 N–H and O–H groups in total. The number of allylic oxidation sites excluding steroid dienone is 2. The van der Waals surface area contributed by atoms with Crippen molar-refractivity contribution in [2.24, 2.45) is 5.41 Å². The van der Waals surface area contributed by atoms with Crippen LogP contribution in [0.2, 0.25) is 5.02 Å². The Morgan fingerprint density at radius 2 is 1.87 bits per heavy atom. The van der Waals surface area contributed by atoms with Crippen molar-refractivity contribution in [2.75, 3.05) is 5.32 Å². The van der Waals surface area contributed by atoms with Crippen LogP contribution in [0.4, 0.5) is 5.95 Å². The minimum Gasteiger partial charge on any atom is -0.489 e. The summed E-state index contributed by atoms with van der Waals surface area (Å²) in [4.78, 5) is 13.1. The van der Waals surface area contributed by atoms with Crippen LogP contribution >= 0.6 is 11.6 Å². The number of rotatable bonds is 4. The van der Waals surface area contributed by atoms with Crippen molar-refractivity contribution in [3.63, 3.8) is 0 Å². The minimum absolute atomic E-state index is 0.0948. The molecule has 0 fully saturated rings. The predicted molar refractivity (Wildman–Crippen MR) is 117 cm³/mol. The van der Waals surface area contributed by atoms with E-state index in [0.29, 0.717) is 24.0 Å². The molecule has 5 rings (SSSR count). The fraction of sp³-hybridized carbons (Fsp3) is 0.304. The first-order valence-electron chi connectivity index (χ1n) is 10.2. The molecule has 31 heavy (non-hydrogen) atoms. The zero-order chi connectivity index (χ0) is 21.6. The Bertz CT molecular complexity index is 1170. The maximum Gasteiger partial charge on any atom is 0.248 e. The zero-order valence-corrected chi connectivity index (χ0v) is 18.1. The second-order valence-corrected chi connectivity index (χ2v) is 9.23. The average molecular weight is 436 g/mol. The van der Waals surface area contributed by atoms with E-state index >= 15 is 0 Å². The second-order valence-electron chi connectivity index (χ2n) is 8.79. The SMILES string of the molecule is CC1(C)CC(=O)C2=C(C1)Nc1nnnn1[C@H]2c1ccc(OCc2ccc(Cl)cc2)cc1. The van der Waals surface area contributed by atoms with Gasteiger partial charge in [-0.25, -0.2) is 0 Å². The molecule has 0 spiro atoms. The fourth-order valence-electron chi connectivity index (χ4n) is 4.27. The lowest BCUT2D eigenvalue weighted by molar-refractivity contribution is -0.118. The number of hydrogen-bond donors (Lipinski definition) is 1. The standard InChI is InChI=1S/C23H22ClN5O2/c1-23(2)11-18-20(19(30)12-23)21(29-22(25-18)26-27-28-29)15-5-9-17(10-6-15)31-13-14-3-7-16(24)8-4-14/h3-10,21H,11-13H2,1-2H3,(H,25,26,28)/t21-/m0/s1. The number of nitrogens with zero attached hydrogens (tertiary/aromatic N) is 4. The van der Waals surface area contributed by atoms with Crippen molar-refractivity contribution in [2.45, 2.75) is 39.3 Å². The van der Waals surface area contributed by atoms with E-state index in [0.717, 1.165) is 34.6 Å². The van der Waals surface area contributed by atoms with Crippen LogP contribution in [0.25, 0.3) is 0 Å². The number of Topliss-reactive ketones (excluding diaryl/α,β-unsaturated/α-hetero) is 1. The molecule has 0 unspecified atom stereocenters. The van der Waals surface area contributed by atoms with E-state index in [-0.39, 0.29) is 17.2 Å². The fourth-order valence-corrected chi connectivity index (χ4v) is 4.40. The van der Waals surface area contributed by atoms with Gasteiger partial charge in [0, 0.05) is 22.7 Å². The van der Waals surface area contributed by atoms with Crippen molar-refractivity contribution in [1.82, 2.24) is 20.2 Å². The Morgan fingerprint density at radius 3 is 2.61 bits per heavy atom. The maximum absolute atomic E-state index is 13.1. The van der Waals surface area contributed by atoms with Gasteiger partial charge in [0.2, 0.25) is 5.95 Å². The highest BCUT2D eigenvalue weighted by Gasteiger charge is 2.41. The van der Waals surface area contributed by atoms with E-state index < -0.39 is 0 Å². The Balaban J connectivity index is 1.42. The Kier molecular flexibility index (Phi) is 4.78. The molecule has 2 aromatic carbocycles. The molecule has 0 saturated heterocycles. The Hall–Kier alpha value is -3.19. The van der Waals surface area contributed by atoms with Gasteiger partial charge < -0.3 is 10.1 Å². The highest BCUT2D eigenvalue weighted by Crippen LogP contribution is 2.45. The first-order chi connectivity index (χ1) is 14.9. The lowest BCUT2D eigenvalue weighted by Gasteiger charge is -2.37. The number of halogens is 1. The molecule has 2 heterocycles. The van der Waals surface area contributed by atoms with Gasteiger partial charge in [-0.2, -0.15) is 4.68 Å². The van der Waals surface area contributed by atoms with Gasteiger partial charge in [-0.1, -0.05) is 54.8 Å². The van der Waals surface area contributed by atoms with E-state index in [2.05, 4.69) is 34.7 Å². The number of tetrazole rings is 1. The third-order valence-corrected chi connectivity index (χ3v) is 5.96. The summed E-state index contributed by atoms with van der Waals surface area (Å²) in [5, 5.41) is 16.0. The van der Waals surface area contributed by atoms with E-state index in [4.69, 9.17) is 16.3 Å². The van der Waals surface area contributed by atoms with Gasteiger partial charge in [0.25, 0.3) is 0 Å². The van der Waals surface area contributed by atoms with Crippen molar-refractivity contribution < 1.29 is 9.53 Å². The molecule has 158 valence electrons. The normalized spacial score (nSPS) is 19.5. The molecule has 1 aliphatic heterocycles. The second kappa shape index (κ2) is 7.50. The number of carbonyl (C=O) groups is 1. The van der Waals surface area contributed by atoms with Gasteiger partial charge in [-0.05, 0) is 57.7 Å². The number of ether oxygens (including phenoxy) is 1. The number of carbonyl (C=O) groups excluding carboxylic acids is 1. The van der Waals surface area contributed by atoms with Gasteiger partial charge >= 0.3 is 0 Å². The molecular weight excluding hydrogens is 414 g/mol. The maximum atomic E-state index is 13.1. The molecule has 1 aromatic heterocycles. The number of aromatic nitrogens is 4. The van der Waals surface area contributed by atoms with E-state index in [1.165, 1.54) is 0 Å². The molecule has 0 radical (unpaired) electrons. The van der Waals surface area contributed by atoms with Crippen LogP contribution in [0, 0.1) is 5.41 Å². The molecule has 1 aliphatic carbocycles. The summed E-state index contributed by atoms with van der Waals surface area (Å²) < 4.78 is 7.58. The summed E-state index contributed by atoms with van der Waals surface area (Å²) in [7, 11) is 0. The van der Waals surface area contributed by atoms with Crippen LogP contribution in [0.5, 0.6) is 5.75 Å². The highest BCUT2D eigenvalue weighted by molar-refractivity contribution is 6.30. The molecule has 0 saturated carbocycles. The Labute approximate surface area is 185 Å². The van der Waals surface area contributed by atoms with E-state index in [9.17, 15) is 4.79 Å². The molecular formula is C23H22ClN5O2. The molecule has 0 amide bonds. The third-order valence-electron chi connectivity index (χ3n) is 5.71. The van der Waals surface area contributed by atoms with Gasteiger partial charge in [0.1, 0.15) is 18.4 Å². The van der Waals surface area contributed by atoms with Gasteiger partial charge in [0.15, 0.2) is 5.78 Å². The zero-order valence-electron chi connectivity index (χ0n) is 17.3. The van der Waals surface area contributed by atoms with Gasteiger partial charge in [-0.15, -0.1) is 0 Å². The summed E-state index contributed by atoms with van der Waals surface area (Å²) in [5.41, 5.74) is 3.54. The van der Waals surface area contributed by atoms with Crippen molar-refractivity contribution >= 4 is 23.3 Å². The topological polar surface area (TPSA) is 81.9 Å². The monoisotopic (exact) mass is 435 g/mol. The van der Waals surface area contributed by atoms with Crippen LogP contribution in [0.1, 0.15) is 43.9 Å². The molecule has 8 heteroatoms. The highest BCUT2D eigenvalue weighted by atomic mass is 35.5. The van der Waals surface area contributed by atoms with Crippen molar-refractivity contribution in [3.8, 4) is 5.75 Å². The number of fused-ring (bicyclic) bond motifs is 1. The van der Waals surface area contributed by atoms with Crippen LogP contribution in [0.3, 0.4) is 0 Å². The van der Waals surface area contributed by atoms with Crippen molar-refractivity contribution in [1.29, 1.82) is 0 Å². The third kappa shape index (κ3) is 3.81. The smallest absolute Gasteiger partial charge is 0.248 e. The molecule has 3 aromatic rings. The van der Waals surface area contributed by atoms with E-state index in [1.807, 2.05) is 48.5 Å². The lowest BCUT2D eigenvalue weighted by atomic mass is 9.73. The predicted octanol–water partition coefficient (Wildman–Crippen LogP) is 4.56. The molecule has 0 bridgehead atoms. The van der Waals surface area contributed by atoms with E-state index in [1.54, 1.807) is 4.68 Å². The lowest BCUT2D eigenvalue weighted by Crippen LogP contribution is -2.36. The number of nitrogens with one attached hydrogen (secondary N) is 1. The number of benzene rings is 2. The summed E-state index contributed by atoms with van der Waals surface area (Å²) in [6, 6.07) is 15.0. The summed E-state index contributed by atoms with van der Waals surface area (Å²) in [5.74, 6) is 1.43. The van der Waals surface area contributed by atoms with Gasteiger partial charge in [-0.3, -0.25) is 4.79 Å². The average Bonchev–Trinajstić information content (AvgIpc) is 3.19. The van der Waals surface area contributed by atoms with Gasteiger partial charge in [0.05, 0.1) is 0 Å². The quantitative estimate of drug-likeness (QED) is 0.646. The summed E-state index contributed by atoms with van der Waals surface area (Å²) in [6.45, 7) is 4.66. The minimum atomic E-state index is -0.352. The summed E-state index contributed by atoms with van der Waals surface area (Å²) in [6.07, 6.45) is 1.28. The number of anilines is 1. The van der Waals surface area contributed by atoms with Crippen LogP contribution in [-0.2, 0) is 11.4 Å². The molecule has 2 aliphatic rings. The number of ketones is 1. The molecule has 7 nitrogen and oxygen atoms in total. The largest absolute Gasteiger partial charge is 0.489 e. The van der Waals surface area contributed by atoms with Crippen LogP contribution < -0.4 is 10.1 Å². The van der Waals surface area contributed by atoms with Crippen LogP contribution in [0.15, 0.2) is 59.8 Å². The summed E-state index contributed by atoms with van der Waals surface area (Å²) >= 11 is 5.93. The van der Waals surface area contributed by atoms with Crippen LogP contribution in [-0.4, -0.2) is 26.0 Å². The number of hydrogen-bond acceptors (Lipinski definition) is 6. The first kappa shape index (κ1) is 19.8. The van der Waals surface area contributed by atoms with Crippen molar-refractivity contribution in [3.05, 3.63) is 76.0 Å².